The van der Waals surface area contributed by atoms with Crippen molar-refractivity contribution in [1.29, 1.82) is 0 Å². The van der Waals surface area contributed by atoms with E-state index in [0.29, 0.717) is 12.1 Å². The Labute approximate surface area is 220 Å². The summed E-state index contributed by atoms with van der Waals surface area (Å²) >= 11 is 0. The topological polar surface area (TPSA) is 51.8 Å². The van der Waals surface area contributed by atoms with Gasteiger partial charge in [-0.2, -0.15) is 0 Å². The molecule has 1 aromatic carbocycles. The Morgan fingerprint density at radius 2 is 1.64 bits per heavy atom. The van der Waals surface area contributed by atoms with Gasteiger partial charge < -0.3 is 5.73 Å². The van der Waals surface area contributed by atoms with Crippen molar-refractivity contribution in [2.75, 3.05) is 0 Å². The third-order valence-electron chi connectivity index (χ3n) is 4.76. The van der Waals surface area contributed by atoms with Crippen LogP contribution in [0.5, 0.6) is 0 Å². The van der Waals surface area contributed by atoms with E-state index in [2.05, 4.69) is 75.3 Å². The van der Waals surface area contributed by atoms with E-state index >= 15 is 0 Å². The van der Waals surface area contributed by atoms with Crippen molar-refractivity contribution in [3.05, 3.63) is 109 Å². The molecule has 0 aliphatic carbocycles. The number of aryl methyl sites for hydroxylation is 1. The highest BCUT2D eigenvalue weighted by Crippen LogP contribution is 2.22. The molecule has 0 saturated carbocycles. The number of hydrogen-bond acceptors (Lipinski definition) is 3. The molecule has 0 bridgehead atoms. The van der Waals surface area contributed by atoms with E-state index in [1.54, 1.807) is 12.4 Å². The molecule has 0 radical (unpaired) electrons. The number of pyridine rings is 2. The van der Waals surface area contributed by atoms with Gasteiger partial charge in [0.25, 0.3) is 0 Å². The highest BCUT2D eigenvalue weighted by molar-refractivity contribution is 5.90. The molecule has 3 heteroatoms. The van der Waals surface area contributed by atoms with Crippen molar-refractivity contribution in [2.45, 2.75) is 74.1 Å². The number of nitrogens with zero attached hydrogens (tertiary/aromatic N) is 2. The number of aromatic nitrogens is 2. The SMILES string of the molecule is C=C/C=C(\C=C/Cc1cc(C(=C)N)c2cnccc2n1)c1ccc(CCC)cc1.CC.CC.CCC. The van der Waals surface area contributed by atoms with Crippen LogP contribution in [0, 0.1) is 0 Å². The number of nitrogens with two attached hydrogens (primary N) is 1. The predicted octanol–water partition coefficient (Wildman–Crippen LogP) is 9.35. The first kappa shape index (κ1) is 32.5. The van der Waals surface area contributed by atoms with Crippen molar-refractivity contribution in [3.8, 4) is 0 Å². The molecule has 3 aromatic rings. The molecule has 0 aliphatic rings. The summed E-state index contributed by atoms with van der Waals surface area (Å²) in [5.74, 6) is 0. The zero-order valence-electron chi connectivity index (χ0n) is 23.6. The summed E-state index contributed by atoms with van der Waals surface area (Å²) in [7, 11) is 0. The van der Waals surface area contributed by atoms with Crippen LogP contribution in [0.4, 0.5) is 0 Å². The molecule has 2 aromatic heterocycles. The summed E-state index contributed by atoms with van der Waals surface area (Å²) in [4.78, 5) is 8.91. The lowest BCUT2D eigenvalue weighted by molar-refractivity contribution is 0.922. The Morgan fingerprint density at radius 1 is 1.00 bits per heavy atom. The van der Waals surface area contributed by atoms with Crippen molar-refractivity contribution >= 4 is 22.2 Å². The maximum Gasteiger partial charge on any atom is 0.0743 e. The average Bonchev–Trinajstić information content (AvgIpc) is 2.91. The van der Waals surface area contributed by atoms with E-state index in [-0.39, 0.29) is 0 Å². The Balaban J connectivity index is 0.00000159. The van der Waals surface area contributed by atoms with Gasteiger partial charge in [-0.1, -0.05) is 123 Å². The minimum absolute atomic E-state index is 0.523. The molecular formula is C33H47N3. The maximum atomic E-state index is 5.99. The van der Waals surface area contributed by atoms with Gasteiger partial charge in [-0.05, 0) is 35.3 Å². The van der Waals surface area contributed by atoms with Gasteiger partial charge in [0.05, 0.1) is 5.52 Å². The van der Waals surface area contributed by atoms with Gasteiger partial charge in [-0.3, -0.25) is 9.97 Å². The van der Waals surface area contributed by atoms with Crippen LogP contribution in [-0.2, 0) is 12.8 Å². The molecule has 0 spiro atoms. The summed E-state index contributed by atoms with van der Waals surface area (Å²) in [6.45, 7) is 22.2. The zero-order valence-corrected chi connectivity index (χ0v) is 23.6. The molecule has 0 aliphatic heterocycles. The van der Waals surface area contributed by atoms with E-state index in [1.165, 1.54) is 17.5 Å². The van der Waals surface area contributed by atoms with Crippen molar-refractivity contribution in [3.63, 3.8) is 0 Å². The maximum absolute atomic E-state index is 5.99. The van der Waals surface area contributed by atoms with Gasteiger partial charge in [0.1, 0.15) is 0 Å². The lowest BCUT2D eigenvalue weighted by Gasteiger charge is -2.08. The monoisotopic (exact) mass is 485 g/mol. The normalized spacial score (nSPS) is 10.4. The predicted molar refractivity (Wildman–Crippen MR) is 163 cm³/mol. The molecule has 0 amide bonds. The van der Waals surface area contributed by atoms with E-state index in [0.717, 1.165) is 40.6 Å². The van der Waals surface area contributed by atoms with Gasteiger partial charge >= 0.3 is 0 Å². The van der Waals surface area contributed by atoms with E-state index in [4.69, 9.17) is 10.7 Å². The fourth-order valence-corrected chi connectivity index (χ4v) is 3.33. The minimum Gasteiger partial charge on any atom is -0.399 e. The molecule has 2 N–H and O–H groups in total. The van der Waals surface area contributed by atoms with Crippen LogP contribution in [0.25, 0.3) is 22.2 Å². The molecule has 36 heavy (non-hydrogen) atoms. The summed E-state index contributed by atoms with van der Waals surface area (Å²) in [6, 6.07) is 12.6. The van der Waals surface area contributed by atoms with Crippen molar-refractivity contribution in [2.24, 2.45) is 5.73 Å². The van der Waals surface area contributed by atoms with Crippen LogP contribution >= 0.6 is 0 Å². The Hall–Kier alpha value is -3.46. The fraction of sp³-hybridized carbons (Fsp3) is 0.333. The summed E-state index contributed by atoms with van der Waals surface area (Å²) < 4.78 is 0. The van der Waals surface area contributed by atoms with Gasteiger partial charge in [-0.15, -0.1) is 0 Å². The molecule has 194 valence electrons. The number of fused-ring (bicyclic) bond motifs is 1. The largest absolute Gasteiger partial charge is 0.399 e. The zero-order chi connectivity index (χ0) is 27.3. The second kappa shape index (κ2) is 19.8. The third-order valence-corrected chi connectivity index (χ3v) is 4.76. The molecule has 0 unspecified atom stereocenters. The van der Waals surface area contributed by atoms with Crippen LogP contribution in [0.3, 0.4) is 0 Å². The minimum atomic E-state index is 0.523. The van der Waals surface area contributed by atoms with Crippen LogP contribution in [0.15, 0.2) is 86.3 Å². The number of benzene rings is 1. The van der Waals surface area contributed by atoms with Crippen LogP contribution in [0.2, 0.25) is 0 Å². The molecule has 3 nitrogen and oxygen atoms in total. The quantitative estimate of drug-likeness (QED) is 0.323. The van der Waals surface area contributed by atoms with E-state index in [1.807, 2.05) is 52.0 Å². The first-order valence-electron chi connectivity index (χ1n) is 13.3. The average molecular weight is 486 g/mol. The van der Waals surface area contributed by atoms with Gasteiger partial charge in [-0.25, -0.2) is 0 Å². The lowest BCUT2D eigenvalue weighted by Crippen LogP contribution is -1.99. The molecule has 3 rings (SSSR count). The van der Waals surface area contributed by atoms with Gasteiger partial charge in [0.15, 0.2) is 0 Å². The van der Waals surface area contributed by atoms with Gasteiger partial charge in [0.2, 0.25) is 0 Å². The van der Waals surface area contributed by atoms with Crippen molar-refractivity contribution in [1.82, 2.24) is 9.97 Å². The molecule has 0 saturated heterocycles. The molecule has 0 atom stereocenters. The first-order chi connectivity index (χ1) is 17.5. The summed E-state index contributed by atoms with van der Waals surface area (Å²) in [5, 5.41) is 0.923. The second-order valence-corrected chi connectivity index (χ2v) is 7.70. The van der Waals surface area contributed by atoms with Crippen LogP contribution in [0.1, 0.15) is 83.7 Å². The Kier molecular flexibility index (Phi) is 17.9. The number of allylic oxidation sites excluding steroid dienone is 5. The Bertz CT molecular complexity index is 1090. The van der Waals surface area contributed by atoms with Crippen LogP contribution < -0.4 is 5.73 Å². The smallest absolute Gasteiger partial charge is 0.0743 e. The number of rotatable bonds is 8. The van der Waals surface area contributed by atoms with Crippen LogP contribution in [-0.4, -0.2) is 9.97 Å². The van der Waals surface area contributed by atoms with E-state index < -0.39 is 0 Å². The molecular weight excluding hydrogens is 438 g/mol. The molecule has 0 fully saturated rings. The lowest BCUT2D eigenvalue weighted by atomic mass is 10.0. The summed E-state index contributed by atoms with van der Waals surface area (Å²) in [6.07, 6.45) is 15.8. The fourth-order valence-electron chi connectivity index (χ4n) is 3.33. The third kappa shape index (κ3) is 10.9. The summed E-state index contributed by atoms with van der Waals surface area (Å²) in [5.41, 5.74) is 12.9. The first-order valence-corrected chi connectivity index (χ1v) is 13.3. The van der Waals surface area contributed by atoms with Gasteiger partial charge in [0, 0.05) is 41.2 Å². The second-order valence-electron chi connectivity index (χ2n) is 7.70. The van der Waals surface area contributed by atoms with E-state index in [9.17, 15) is 0 Å². The highest BCUT2D eigenvalue weighted by Gasteiger charge is 2.07. The highest BCUT2D eigenvalue weighted by atomic mass is 14.7. The number of hydrogen-bond donors (Lipinski definition) is 1. The Morgan fingerprint density at radius 3 is 2.19 bits per heavy atom. The van der Waals surface area contributed by atoms with Crippen molar-refractivity contribution < 1.29 is 0 Å². The molecule has 2 heterocycles. The standard InChI is InChI=1S/C26H27N3.C3H8.2C2H6/c1-4-7-20-11-13-22(14-12-20)21(8-5-2)9-6-10-23-17-24(19(3)27)25-18-28-16-15-26(25)29-23;1-3-2;2*1-2/h5-6,8-9,11-18H,2-4,7,10,27H2,1H3;3H2,1-2H3;2*1-2H3/b9-6-,21-8+;;;.